The first-order valence-corrected chi connectivity index (χ1v) is 3.66. The minimum absolute atomic E-state index is 0.196. The normalized spacial score (nSPS) is 13.7. The number of hydrogen-bond donors (Lipinski definition) is 1. The molecule has 3 heteroatoms. The highest BCUT2D eigenvalue weighted by molar-refractivity contribution is 7.80. The van der Waals surface area contributed by atoms with E-state index in [-0.39, 0.29) is 6.10 Å². The van der Waals surface area contributed by atoms with Crippen LogP contribution in [-0.2, 0) is 9.47 Å². The summed E-state index contributed by atoms with van der Waals surface area (Å²) in [5.41, 5.74) is 0. The van der Waals surface area contributed by atoms with Gasteiger partial charge in [0.15, 0.2) is 0 Å². The van der Waals surface area contributed by atoms with Crippen molar-refractivity contribution in [3.05, 3.63) is 0 Å². The van der Waals surface area contributed by atoms with Gasteiger partial charge in [0, 0.05) is 12.9 Å². The maximum Gasteiger partial charge on any atom is 0.0780 e. The van der Waals surface area contributed by atoms with E-state index in [4.69, 9.17) is 9.47 Å². The van der Waals surface area contributed by atoms with Gasteiger partial charge in [-0.2, -0.15) is 12.6 Å². The fourth-order valence-electron chi connectivity index (χ4n) is 0.537. The van der Waals surface area contributed by atoms with Crippen LogP contribution < -0.4 is 0 Å². The molecule has 0 saturated carbocycles. The van der Waals surface area contributed by atoms with Crippen LogP contribution in [-0.4, -0.2) is 32.2 Å². The van der Waals surface area contributed by atoms with E-state index < -0.39 is 0 Å². The maximum absolute atomic E-state index is 5.23. The topological polar surface area (TPSA) is 18.5 Å². The average Bonchev–Trinajstić information content (AvgIpc) is 1.85. The second-order valence-electron chi connectivity index (χ2n) is 1.86. The van der Waals surface area contributed by atoms with Crippen molar-refractivity contribution < 1.29 is 9.47 Å². The van der Waals surface area contributed by atoms with Crippen LogP contribution in [0.2, 0.25) is 0 Å². The fourth-order valence-corrected chi connectivity index (χ4v) is 0.642. The van der Waals surface area contributed by atoms with Gasteiger partial charge in [-0.05, 0) is 6.92 Å². The Bertz CT molecular complexity index is 59.0. The highest BCUT2D eigenvalue weighted by atomic mass is 32.1. The zero-order chi connectivity index (χ0) is 7.11. The Balaban J connectivity index is 2.95. The molecule has 0 aliphatic heterocycles. The molecule has 0 aromatic rings. The number of ether oxygens (including phenoxy) is 2. The van der Waals surface area contributed by atoms with Crippen molar-refractivity contribution in [2.45, 2.75) is 13.0 Å². The number of hydrogen-bond acceptors (Lipinski definition) is 3. The molecule has 0 aromatic carbocycles. The van der Waals surface area contributed by atoms with Crippen LogP contribution in [0.25, 0.3) is 0 Å². The zero-order valence-corrected chi connectivity index (χ0v) is 6.86. The fraction of sp³-hybridized carbons (Fsp3) is 1.00. The number of methoxy groups -OCH3 is 1. The van der Waals surface area contributed by atoms with Gasteiger partial charge >= 0.3 is 0 Å². The lowest BCUT2D eigenvalue weighted by Crippen LogP contribution is -2.15. The van der Waals surface area contributed by atoms with Crippen molar-refractivity contribution >= 4 is 12.6 Å². The molecule has 0 N–H and O–H groups in total. The Morgan fingerprint density at radius 3 is 2.67 bits per heavy atom. The van der Waals surface area contributed by atoms with Gasteiger partial charge in [-0.1, -0.05) is 0 Å². The standard InChI is InChI=1S/C6H14O2S/c1-6(5-7-2)8-3-4-9/h6,9H,3-5H2,1-2H3. The molecule has 0 saturated heterocycles. The number of thiol groups is 1. The summed E-state index contributed by atoms with van der Waals surface area (Å²) in [6, 6.07) is 0. The minimum atomic E-state index is 0.196. The maximum atomic E-state index is 5.23. The van der Waals surface area contributed by atoms with Crippen molar-refractivity contribution in [3.63, 3.8) is 0 Å². The molecule has 0 radical (unpaired) electrons. The third-order valence-electron chi connectivity index (χ3n) is 0.895. The van der Waals surface area contributed by atoms with E-state index in [0.29, 0.717) is 13.2 Å². The predicted octanol–water partition coefficient (Wildman–Crippen LogP) is 0.968. The van der Waals surface area contributed by atoms with E-state index in [1.165, 1.54) is 0 Å². The van der Waals surface area contributed by atoms with Crippen LogP contribution in [0.15, 0.2) is 0 Å². The lowest BCUT2D eigenvalue weighted by molar-refractivity contribution is 0.0168. The molecule has 0 rings (SSSR count). The Morgan fingerprint density at radius 2 is 2.22 bits per heavy atom. The van der Waals surface area contributed by atoms with Crippen LogP contribution in [0.3, 0.4) is 0 Å². The van der Waals surface area contributed by atoms with Gasteiger partial charge in [0.2, 0.25) is 0 Å². The van der Waals surface area contributed by atoms with Gasteiger partial charge in [0.1, 0.15) is 0 Å². The second kappa shape index (κ2) is 6.39. The smallest absolute Gasteiger partial charge is 0.0780 e. The Morgan fingerprint density at radius 1 is 1.56 bits per heavy atom. The van der Waals surface area contributed by atoms with Crippen LogP contribution in [0, 0.1) is 0 Å². The van der Waals surface area contributed by atoms with Crippen molar-refractivity contribution in [1.82, 2.24) is 0 Å². The van der Waals surface area contributed by atoms with Crippen molar-refractivity contribution in [3.8, 4) is 0 Å². The summed E-state index contributed by atoms with van der Waals surface area (Å²) in [6.45, 7) is 3.34. The molecule has 0 aliphatic rings. The van der Waals surface area contributed by atoms with Crippen LogP contribution in [0.1, 0.15) is 6.92 Å². The third-order valence-corrected chi connectivity index (χ3v) is 1.08. The summed E-state index contributed by atoms with van der Waals surface area (Å²) >= 11 is 4.00. The van der Waals surface area contributed by atoms with E-state index in [9.17, 15) is 0 Å². The third kappa shape index (κ3) is 6.15. The van der Waals surface area contributed by atoms with Gasteiger partial charge in [-0.3, -0.25) is 0 Å². The van der Waals surface area contributed by atoms with Gasteiger partial charge in [-0.25, -0.2) is 0 Å². The second-order valence-corrected chi connectivity index (χ2v) is 2.31. The Kier molecular flexibility index (Phi) is 6.58. The molecular formula is C6H14O2S. The molecule has 1 atom stereocenters. The molecule has 0 heterocycles. The van der Waals surface area contributed by atoms with E-state index in [0.717, 1.165) is 5.75 Å². The lowest BCUT2D eigenvalue weighted by Gasteiger charge is -2.09. The molecule has 1 unspecified atom stereocenters. The highest BCUT2D eigenvalue weighted by Crippen LogP contribution is 1.90. The molecule has 0 bridgehead atoms. The molecular weight excluding hydrogens is 136 g/mol. The van der Waals surface area contributed by atoms with Crippen molar-refractivity contribution in [1.29, 1.82) is 0 Å². The molecule has 0 aromatic heterocycles. The highest BCUT2D eigenvalue weighted by Gasteiger charge is 1.97. The molecule has 56 valence electrons. The largest absolute Gasteiger partial charge is 0.382 e. The van der Waals surface area contributed by atoms with Gasteiger partial charge in [-0.15, -0.1) is 0 Å². The lowest BCUT2D eigenvalue weighted by atomic mass is 10.4. The average molecular weight is 150 g/mol. The summed E-state index contributed by atoms with van der Waals surface area (Å²) in [6.07, 6.45) is 0.196. The van der Waals surface area contributed by atoms with Crippen LogP contribution in [0.4, 0.5) is 0 Å². The van der Waals surface area contributed by atoms with E-state index in [2.05, 4.69) is 12.6 Å². The van der Waals surface area contributed by atoms with Gasteiger partial charge in [0.25, 0.3) is 0 Å². The first kappa shape index (κ1) is 9.27. The van der Waals surface area contributed by atoms with Gasteiger partial charge in [0.05, 0.1) is 19.3 Å². The van der Waals surface area contributed by atoms with E-state index in [1.807, 2.05) is 6.92 Å². The van der Waals surface area contributed by atoms with Crippen LogP contribution >= 0.6 is 12.6 Å². The first-order valence-electron chi connectivity index (χ1n) is 3.02. The monoisotopic (exact) mass is 150 g/mol. The Hall–Kier alpha value is 0.270. The van der Waals surface area contributed by atoms with Gasteiger partial charge < -0.3 is 9.47 Å². The summed E-state index contributed by atoms with van der Waals surface area (Å²) in [5, 5.41) is 0. The summed E-state index contributed by atoms with van der Waals surface area (Å²) in [7, 11) is 1.67. The summed E-state index contributed by atoms with van der Waals surface area (Å²) < 4.78 is 10.1. The molecule has 0 fully saturated rings. The molecule has 0 spiro atoms. The molecule has 9 heavy (non-hydrogen) atoms. The molecule has 2 nitrogen and oxygen atoms in total. The predicted molar refractivity (Wildman–Crippen MR) is 41.1 cm³/mol. The summed E-state index contributed by atoms with van der Waals surface area (Å²) in [5.74, 6) is 0.772. The summed E-state index contributed by atoms with van der Waals surface area (Å²) in [4.78, 5) is 0. The van der Waals surface area contributed by atoms with E-state index >= 15 is 0 Å². The zero-order valence-electron chi connectivity index (χ0n) is 5.96. The minimum Gasteiger partial charge on any atom is -0.382 e. The van der Waals surface area contributed by atoms with Crippen molar-refractivity contribution in [2.75, 3.05) is 26.1 Å². The first-order chi connectivity index (χ1) is 4.31. The quantitative estimate of drug-likeness (QED) is 0.589. The Labute approximate surface area is 61.9 Å². The molecule has 0 aliphatic carbocycles. The SMILES string of the molecule is COCC(C)OCCS. The van der Waals surface area contributed by atoms with Crippen molar-refractivity contribution in [2.24, 2.45) is 0 Å². The van der Waals surface area contributed by atoms with E-state index in [1.54, 1.807) is 7.11 Å². The molecule has 0 amide bonds. The van der Waals surface area contributed by atoms with Crippen LogP contribution in [0.5, 0.6) is 0 Å². The number of rotatable bonds is 5.